The third-order valence-electron chi connectivity index (χ3n) is 7.55. The molecule has 43 heavy (non-hydrogen) atoms. The number of furan rings is 1. The summed E-state index contributed by atoms with van der Waals surface area (Å²) in [6, 6.07) is 38.0. The Morgan fingerprint density at radius 2 is 1.47 bits per heavy atom. The van der Waals surface area contributed by atoms with Gasteiger partial charge in [-0.2, -0.15) is 0 Å². The highest BCUT2D eigenvalue weighted by Crippen LogP contribution is 2.35. The maximum Gasteiger partial charge on any atom is 0.142 e. The highest BCUT2D eigenvalue weighted by molar-refractivity contribution is 7.17. The van der Waals surface area contributed by atoms with Crippen LogP contribution in [0.1, 0.15) is 11.1 Å². The van der Waals surface area contributed by atoms with Crippen molar-refractivity contribution < 1.29 is 4.42 Å². The van der Waals surface area contributed by atoms with E-state index in [9.17, 15) is 0 Å². The van der Waals surface area contributed by atoms with Gasteiger partial charge in [0.2, 0.25) is 0 Å². The average molecular weight is 572 g/mol. The van der Waals surface area contributed by atoms with Gasteiger partial charge in [0.15, 0.2) is 0 Å². The number of hydrogen-bond donors (Lipinski definition) is 0. The Labute approximate surface area is 255 Å². The molecule has 0 aliphatic heterocycles. The summed E-state index contributed by atoms with van der Waals surface area (Å²) in [5, 5.41) is 8.09. The van der Waals surface area contributed by atoms with E-state index in [1.165, 1.54) is 26.4 Å². The van der Waals surface area contributed by atoms with Crippen LogP contribution in [-0.2, 0) is 0 Å². The molecule has 5 aromatic carbocycles. The summed E-state index contributed by atoms with van der Waals surface area (Å²) in [6.07, 6.45) is 16.5. The van der Waals surface area contributed by atoms with Crippen LogP contribution >= 0.6 is 11.3 Å². The molecule has 0 unspecified atom stereocenters. The van der Waals surface area contributed by atoms with Crippen molar-refractivity contribution >= 4 is 72.0 Å². The maximum atomic E-state index is 6.52. The zero-order valence-electron chi connectivity index (χ0n) is 23.6. The molecule has 2 aromatic heterocycles. The number of benzene rings is 5. The number of anilines is 1. The summed E-state index contributed by atoms with van der Waals surface area (Å²) in [7, 11) is 0. The minimum atomic E-state index is 0.874. The molecule has 0 bridgehead atoms. The third-order valence-corrected chi connectivity index (χ3v) is 8.53. The minimum Gasteiger partial charge on any atom is -0.455 e. The zero-order valence-corrected chi connectivity index (χ0v) is 24.4. The molecular weight excluding hydrogens is 543 g/mol. The van der Waals surface area contributed by atoms with Crippen LogP contribution < -0.4 is 4.90 Å². The van der Waals surface area contributed by atoms with Crippen LogP contribution in [0.25, 0.3) is 54.9 Å². The van der Waals surface area contributed by atoms with Gasteiger partial charge in [-0.1, -0.05) is 110 Å². The highest BCUT2D eigenvalue weighted by Gasteiger charge is 2.13. The van der Waals surface area contributed by atoms with Crippen LogP contribution in [0.2, 0.25) is 0 Å². The summed E-state index contributed by atoms with van der Waals surface area (Å²) >= 11 is 1.77. The molecule has 0 N–H and O–H groups in total. The second kappa shape index (κ2) is 11.8. The summed E-state index contributed by atoms with van der Waals surface area (Å²) in [6.45, 7) is 3.93. The number of allylic oxidation sites excluding steroid dienone is 5. The Morgan fingerprint density at radius 1 is 0.698 bits per heavy atom. The average Bonchev–Trinajstić information content (AvgIpc) is 3.64. The first-order valence-electron chi connectivity index (χ1n) is 14.3. The van der Waals surface area contributed by atoms with Gasteiger partial charge in [0, 0.05) is 38.6 Å². The molecule has 3 heteroatoms. The van der Waals surface area contributed by atoms with E-state index in [1.54, 1.807) is 17.4 Å². The van der Waals surface area contributed by atoms with E-state index < -0.39 is 0 Å². The molecular formula is C40H29NOS. The molecule has 2 nitrogen and oxygen atoms in total. The molecule has 206 valence electrons. The predicted octanol–water partition coefficient (Wildman–Crippen LogP) is 11.8. The van der Waals surface area contributed by atoms with E-state index in [-0.39, 0.29) is 0 Å². The summed E-state index contributed by atoms with van der Waals surface area (Å²) < 4.78 is 7.82. The predicted molar refractivity (Wildman–Crippen MR) is 187 cm³/mol. The quantitative estimate of drug-likeness (QED) is 0.169. The van der Waals surface area contributed by atoms with Crippen LogP contribution in [0.4, 0.5) is 5.69 Å². The van der Waals surface area contributed by atoms with Gasteiger partial charge in [0.05, 0.1) is 0 Å². The van der Waals surface area contributed by atoms with Gasteiger partial charge >= 0.3 is 0 Å². The van der Waals surface area contributed by atoms with Crippen LogP contribution in [0.15, 0.2) is 168 Å². The molecule has 0 spiro atoms. The lowest BCUT2D eigenvalue weighted by Crippen LogP contribution is -2.13. The Balaban J connectivity index is 1.32. The Bertz CT molecular complexity index is 2210. The molecule has 7 rings (SSSR count). The van der Waals surface area contributed by atoms with E-state index in [0.29, 0.717) is 0 Å². The van der Waals surface area contributed by atoms with E-state index in [4.69, 9.17) is 4.42 Å². The van der Waals surface area contributed by atoms with Gasteiger partial charge in [-0.05, 0) is 75.7 Å². The lowest BCUT2D eigenvalue weighted by Gasteiger charge is -2.22. The second-order valence-corrected chi connectivity index (χ2v) is 11.2. The van der Waals surface area contributed by atoms with Crippen molar-refractivity contribution in [1.29, 1.82) is 0 Å². The van der Waals surface area contributed by atoms with Crippen molar-refractivity contribution in [3.63, 3.8) is 0 Å². The normalized spacial score (nSPS) is 12.6. The standard InChI is InChI=1S/C40H29NOS/c1-2-3-18-34(25-31-17-13-22-36-37-26-29-14-7-8-15-30(29)27-38(37)42-40(31)36)41(33-19-5-4-6-20-33)24-12-11-16-32-28-43-39-23-10-9-21-35(32)39/h2-28H,1H2/b16-11-,18-3-,24-12+,34-25-. The number of thiophene rings is 1. The second-order valence-electron chi connectivity index (χ2n) is 10.3. The SMILES string of the molecule is C=C/C=C\C(=C\c1cccc2c1oc1cc3ccccc3cc12)N(/C=C/C=C\c1csc2ccccc12)c1ccccc1. The smallest absolute Gasteiger partial charge is 0.142 e. The van der Waals surface area contributed by atoms with E-state index in [2.05, 4.69) is 157 Å². The monoisotopic (exact) mass is 571 g/mol. The Hall–Kier alpha value is -5.38. The Morgan fingerprint density at radius 3 is 2.33 bits per heavy atom. The summed E-state index contributed by atoms with van der Waals surface area (Å²) in [5.74, 6) is 0. The molecule has 0 aliphatic rings. The molecule has 0 amide bonds. The van der Waals surface area contributed by atoms with Crippen molar-refractivity contribution in [2.45, 2.75) is 0 Å². The van der Waals surface area contributed by atoms with Gasteiger partial charge in [-0.15, -0.1) is 11.3 Å². The number of nitrogens with zero attached hydrogens (tertiary/aromatic N) is 1. The third kappa shape index (κ3) is 5.34. The lowest BCUT2D eigenvalue weighted by atomic mass is 10.0. The van der Waals surface area contributed by atoms with Crippen molar-refractivity contribution in [3.05, 3.63) is 175 Å². The first-order valence-corrected chi connectivity index (χ1v) is 15.2. The zero-order chi connectivity index (χ0) is 29.0. The van der Waals surface area contributed by atoms with Crippen LogP contribution in [0.3, 0.4) is 0 Å². The van der Waals surface area contributed by atoms with E-state index in [1.807, 2.05) is 12.1 Å². The maximum absolute atomic E-state index is 6.52. The molecule has 0 aliphatic carbocycles. The van der Waals surface area contributed by atoms with Gasteiger partial charge in [-0.25, -0.2) is 0 Å². The van der Waals surface area contributed by atoms with Gasteiger partial charge < -0.3 is 9.32 Å². The molecule has 0 atom stereocenters. The summed E-state index contributed by atoms with van der Waals surface area (Å²) in [5.41, 5.74) is 6.03. The molecule has 0 saturated carbocycles. The van der Waals surface area contributed by atoms with Crippen LogP contribution in [0, 0.1) is 0 Å². The summed E-state index contributed by atoms with van der Waals surface area (Å²) in [4.78, 5) is 2.19. The van der Waals surface area contributed by atoms with Gasteiger partial charge in [0.1, 0.15) is 11.2 Å². The number of fused-ring (bicyclic) bond motifs is 5. The van der Waals surface area contributed by atoms with Crippen molar-refractivity contribution in [2.75, 3.05) is 4.90 Å². The van der Waals surface area contributed by atoms with Crippen molar-refractivity contribution in [3.8, 4) is 0 Å². The topological polar surface area (TPSA) is 16.4 Å². The first kappa shape index (κ1) is 26.5. The molecule has 0 saturated heterocycles. The fourth-order valence-electron chi connectivity index (χ4n) is 5.47. The molecule has 2 heterocycles. The molecule has 7 aromatic rings. The molecule has 0 fully saturated rings. The van der Waals surface area contributed by atoms with Gasteiger partial charge in [-0.3, -0.25) is 0 Å². The lowest BCUT2D eigenvalue weighted by molar-refractivity contribution is 0.668. The van der Waals surface area contributed by atoms with E-state index in [0.717, 1.165) is 38.9 Å². The number of para-hydroxylation sites is 2. The highest BCUT2D eigenvalue weighted by atomic mass is 32.1. The van der Waals surface area contributed by atoms with Crippen LogP contribution in [-0.4, -0.2) is 0 Å². The van der Waals surface area contributed by atoms with Crippen molar-refractivity contribution in [1.82, 2.24) is 0 Å². The fourth-order valence-corrected chi connectivity index (χ4v) is 6.40. The number of rotatable bonds is 8. The molecule has 0 radical (unpaired) electrons. The Kier molecular flexibility index (Phi) is 7.31. The van der Waals surface area contributed by atoms with Crippen LogP contribution in [0.5, 0.6) is 0 Å². The first-order chi connectivity index (χ1) is 21.3. The fraction of sp³-hybridized carbons (Fsp3) is 0. The minimum absolute atomic E-state index is 0.874. The van der Waals surface area contributed by atoms with Crippen molar-refractivity contribution in [2.24, 2.45) is 0 Å². The van der Waals surface area contributed by atoms with Gasteiger partial charge in [0.25, 0.3) is 0 Å². The largest absolute Gasteiger partial charge is 0.455 e. The van der Waals surface area contributed by atoms with E-state index >= 15 is 0 Å². The number of hydrogen-bond acceptors (Lipinski definition) is 3.